The lowest BCUT2D eigenvalue weighted by atomic mass is 10.1. The van der Waals surface area contributed by atoms with E-state index in [4.69, 9.17) is 5.11 Å². The molecule has 2 rings (SSSR count). The first kappa shape index (κ1) is 18.7. The van der Waals surface area contributed by atoms with Crippen molar-refractivity contribution in [2.75, 3.05) is 19.8 Å². The molecule has 1 unspecified atom stereocenters. The number of aliphatic imine (C=N–C) groups is 1. The Hall–Kier alpha value is -2.60. The summed E-state index contributed by atoms with van der Waals surface area (Å²) in [6, 6.07) is 10.5. The van der Waals surface area contributed by atoms with Gasteiger partial charge in [0, 0.05) is 25.2 Å². The molecule has 1 N–H and O–H groups in total. The van der Waals surface area contributed by atoms with Crippen LogP contribution in [-0.2, 0) is 0 Å². The first-order valence-corrected chi connectivity index (χ1v) is 8.47. The van der Waals surface area contributed by atoms with Gasteiger partial charge in [0.15, 0.2) is 12.2 Å². The lowest BCUT2D eigenvalue weighted by Gasteiger charge is -2.12. The maximum Gasteiger partial charge on any atom is 0.245 e. The summed E-state index contributed by atoms with van der Waals surface area (Å²) in [4.78, 5) is 8.82. The van der Waals surface area contributed by atoms with E-state index in [1.54, 1.807) is 17.4 Å². The molecule has 0 spiro atoms. The van der Waals surface area contributed by atoms with Gasteiger partial charge in [-0.05, 0) is 13.8 Å². The van der Waals surface area contributed by atoms with Crippen molar-refractivity contribution in [2.24, 2.45) is 10.1 Å². The largest absolute Gasteiger partial charge is 0.375 e. The van der Waals surface area contributed by atoms with Gasteiger partial charge in [-0.25, -0.2) is 0 Å². The van der Waals surface area contributed by atoms with E-state index in [1.165, 1.54) is 5.56 Å². The molecule has 25 heavy (non-hydrogen) atoms. The molecule has 0 fully saturated rings. The number of benzene rings is 1. The van der Waals surface area contributed by atoms with Crippen LogP contribution in [-0.4, -0.2) is 46.8 Å². The van der Waals surface area contributed by atoms with E-state index in [0.717, 1.165) is 11.4 Å². The highest BCUT2D eigenvalue weighted by atomic mass is 16.3. The second kappa shape index (κ2) is 9.64. The summed E-state index contributed by atoms with van der Waals surface area (Å²) in [5, 5.41) is 14.8. The molecule has 1 aromatic carbocycles. The van der Waals surface area contributed by atoms with Crippen molar-refractivity contribution in [3.05, 3.63) is 60.2 Å². The van der Waals surface area contributed by atoms with Crippen LogP contribution in [0.25, 0.3) is 0 Å². The van der Waals surface area contributed by atoms with E-state index in [9.17, 15) is 0 Å². The zero-order valence-corrected chi connectivity index (χ0v) is 15.1. The second-order valence-electron chi connectivity index (χ2n) is 5.64. The van der Waals surface area contributed by atoms with Gasteiger partial charge in [0.2, 0.25) is 5.69 Å². The molecule has 0 aliphatic heterocycles. The fourth-order valence-electron chi connectivity index (χ4n) is 2.51. The number of hydrogen-bond donors (Lipinski definition) is 1. The van der Waals surface area contributed by atoms with Gasteiger partial charge in [0.25, 0.3) is 0 Å². The number of aliphatic hydroxyl groups is 1. The van der Waals surface area contributed by atoms with Gasteiger partial charge in [-0.3, -0.25) is 15.0 Å². The molecule has 0 radical (unpaired) electrons. The highest BCUT2D eigenvalue weighted by molar-refractivity contribution is 5.96. The number of nitrogens with zero attached hydrogens (tertiary/aromatic N) is 5. The third-order valence-corrected chi connectivity index (χ3v) is 4.04. The molecule has 6 heteroatoms. The molecular weight excluding hydrogens is 314 g/mol. The Morgan fingerprint density at radius 2 is 2.12 bits per heavy atom. The first-order valence-electron chi connectivity index (χ1n) is 8.47. The first-order chi connectivity index (χ1) is 12.2. The predicted octanol–water partition coefficient (Wildman–Crippen LogP) is 2.04. The van der Waals surface area contributed by atoms with Crippen LogP contribution in [0.1, 0.15) is 38.1 Å². The minimum Gasteiger partial charge on any atom is -0.375 e. The average molecular weight is 340 g/mol. The molecule has 0 aliphatic rings. The van der Waals surface area contributed by atoms with Crippen LogP contribution in [0.5, 0.6) is 0 Å². The van der Waals surface area contributed by atoms with Crippen LogP contribution >= 0.6 is 0 Å². The molecule has 132 valence electrons. The van der Waals surface area contributed by atoms with Crippen molar-refractivity contribution in [1.82, 2.24) is 9.99 Å². The highest BCUT2D eigenvalue weighted by Crippen LogP contribution is 2.12. The number of rotatable bonds is 8. The molecular formula is C19H26N5O+. The van der Waals surface area contributed by atoms with Gasteiger partial charge in [-0.2, -0.15) is 9.67 Å². The van der Waals surface area contributed by atoms with Gasteiger partial charge in [-0.15, -0.1) is 0 Å². The third kappa shape index (κ3) is 5.19. The monoisotopic (exact) mass is 340 g/mol. The normalized spacial score (nSPS) is 13.2. The Morgan fingerprint density at radius 3 is 2.80 bits per heavy atom. The summed E-state index contributed by atoms with van der Waals surface area (Å²) >= 11 is 0. The lowest BCUT2D eigenvalue weighted by Crippen LogP contribution is -2.44. The van der Waals surface area contributed by atoms with Gasteiger partial charge in [-0.1, -0.05) is 30.3 Å². The summed E-state index contributed by atoms with van der Waals surface area (Å²) in [6.07, 6.45) is 7.30. The quantitative estimate of drug-likeness (QED) is 0.346. The van der Waals surface area contributed by atoms with Crippen molar-refractivity contribution in [3.8, 4) is 0 Å². The van der Waals surface area contributed by atoms with Crippen molar-refractivity contribution < 1.29 is 9.67 Å². The van der Waals surface area contributed by atoms with E-state index < -0.39 is 0 Å². The average Bonchev–Trinajstić information content (AvgIpc) is 2.68. The van der Waals surface area contributed by atoms with Crippen molar-refractivity contribution >= 4 is 11.9 Å². The molecule has 0 amide bonds. The number of aliphatic hydroxyl groups excluding tert-OH is 1. The zero-order valence-electron chi connectivity index (χ0n) is 15.1. The lowest BCUT2D eigenvalue weighted by molar-refractivity contribution is -0.712. The van der Waals surface area contributed by atoms with Gasteiger partial charge < -0.3 is 5.11 Å². The standard InChI is InChI=1S/C19H26N5O/c1-4-23(15-25)22-11-10-21-16(2)19-14-20-12-13-24(19)17(3)18-8-6-5-7-9-18/h5-9,11-14,17,25H,4,10,15H2,1-3H3/q+1/b21-16?,22-11-. The van der Waals surface area contributed by atoms with Crippen LogP contribution in [0.4, 0.5) is 0 Å². The Bertz CT molecular complexity index is 711. The predicted molar refractivity (Wildman–Crippen MR) is 99.7 cm³/mol. The van der Waals surface area contributed by atoms with Crippen LogP contribution < -0.4 is 4.57 Å². The number of hydrazone groups is 1. The van der Waals surface area contributed by atoms with Crippen LogP contribution in [0.15, 0.2) is 59.0 Å². The molecule has 2 aromatic rings. The minimum atomic E-state index is -0.0904. The molecule has 1 atom stereocenters. The summed E-state index contributed by atoms with van der Waals surface area (Å²) in [7, 11) is 0. The Morgan fingerprint density at radius 1 is 1.36 bits per heavy atom. The SMILES string of the molecule is CCN(CO)/N=C\CN=C(C)c1cncc[n+]1C(C)c1ccccc1. The van der Waals surface area contributed by atoms with E-state index in [0.29, 0.717) is 13.1 Å². The number of aromatic nitrogens is 2. The summed E-state index contributed by atoms with van der Waals surface area (Å²) < 4.78 is 2.17. The molecule has 0 bridgehead atoms. The number of hydrogen-bond acceptors (Lipinski definition) is 5. The molecule has 0 saturated carbocycles. The van der Waals surface area contributed by atoms with Crippen LogP contribution in [0.2, 0.25) is 0 Å². The topological polar surface area (TPSA) is 65.0 Å². The van der Waals surface area contributed by atoms with E-state index in [-0.39, 0.29) is 12.8 Å². The van der Waals surface area contributed by atoms with Crippen molar-refractivity contribution in [2.45, 2.75) is 26.8 Å². The van der Waals surface area contributed by atoms with Gasteiger partial charge in [0.1, 0.15) is 18.6 Å². The fourth-order valence-corrected chi connectivity index (χ4v) is 2.51. The highest BCUT2D eigenvalue weighted by Gasteiger charge is 2.21. The Labute approximate surface area is 149 Å². The fraction of sp³-hybridized carbons (Fsp3) is 0.368. The maximum atomic E-state index is 9.08. The van der Waals surface area contributed by atoms with E-state index in [1.807, 2.05) is 44.4 Å². The summed E-state index contributed by atoms with van der Waals surface area (Å²) in [5.41, 5.74) is 3.10. The minimum absolute atomic E-state index is 0.0904. The summed E-state index contributed by atoms with van der Waals surface area (Å²) in [5.74, 6) is 0. The van der Waals surface area contributed by atoms with E-state index in [2.05, 4.69) is 38.7 Å². The molecule has 6 nitrogen and oxygen atoms in total. The third-order valence-electron chi connectivity index (χ3n) is 4.04. The molecule has 1 heterocycles. The van der Waals surface area contributed by atoms with Gasteiger partial charge >= 0.3 is 0 Å². The maximum absolute atomic E-state index is 9.08. The van der Waals surface area contributed by atoms with Crippen molar-refractivity contribution in [3.63, 3.8) is 0 Å². The zero-order chi connectivity index (χ0) is 18.1. The van der Waals surface area contributed by atoms with Crippen LogP contribution in [0.3, 0.4) is 0 Å². The van der Waals surface area contributed by atoms with Crippen molar-refractivity contribution in [1.29, 1.82) is 0 Å². The molecule has 1 aromatic heterocycles. The van der Waals surface area contributed by atoms with E-state index >= 15 is 0 Å². The Balaban J connectivity index is 2.18. The van der Waals surface area contributed by atoms with Gasteiger partial charge in [0.05, 0.1) is 12.7 Å². The summed E-state index contributed by atoms with van der Waals surface area (Å²) in [6.45, 7) is 7.10. The Kier molecular flexibility index (Phi) is 7.22. The molecule has 0 aliphatic carbocycles. The smallest absolute Gasteiger partial charge is 0.245 e. The van der Waals surface area contributed by atoms with Crippen LogP contribution in [0, 0.1) is 0 Å². The molecule has 0 saturated heterocycles. The second-order valence-corrected chi connectivity index (χ2v) is 5.64.